The van der Waals surface area contributed by atoms with Gasteiger partial charge in [0.2, 0.25) is 0 Å². The van der Waals surface area contributed by atoms with Gasteiger partial charge in [-0.25, -0.2) is 0 Å². The lowest BCUT2D eigenvalue weighted by atomic mass is 9.41. The van der Waals surface area contributed by atoms with E-state index in [2.05, 4.69) is 12.2 Å². The molecule has 5 unspecified atom stereocenters. The molecular formula is C37H27Cl22NO5. The van der Waals surface area contributed by atoms with Crippen molar-refractivity contribution in [2.75, 3.05) is 13.7 Å². The van der Waals surface area contributed by atoms with Gasteiger partial charge in [0.15, 0.2) is 13.0 Å². The Kier molecular flexibility index (Phi) is 11.5. The van der Waals surface area contributed by atoms with E-state index in [1.165, 1.54) is 5.56 Å². The van der Waals surface area contributed by atoms with E-state index in [1.807, 2.05) is 19.2 Å². The smallest absolute Gasteiger partial charge is 0.306 e. The number of rotatable bonds is 9. The molecule has 12 aliphatic rings. The number of esters is 1. The van der Waals surface area contributed by atoms with E-state index >= 15 is 0 Å². The molecule has 0 radical (unpaired) electrons. The molecule has 65 heavy (non-hydrogen) atoms. The number of carbonyl (C=O) groups is 2. The van der Waals surface area contributed by atoms with E-state index in [1.54, 1.807) is 19.1 Å². The van der Waals surface area contributed by atoms with Crippen molar-refractivity contribution < 1.29 is 24.5 Å². The van der Waals surface area contributed by atoms with Crippen molar-refractivity contribution in [1.82, 2.24) is 5.32 Å². The summed E-state index contributed by atoms with van der Waals surface area (Å²) >= 11 is 149. The first kappa shape index (κ1) is 54.3. The summed E-state index contributed by atoms with van der Waals surface area (Å²) in [6, 6.07) is 7.82. The first-order valence-electron chi connectivity index (χ1n) is 19.1. The lowest BCUT2D eigenvalue weighted by molar-refractivity contribution is -0.145. The highest BCUT2D eigenvalue weighted by atomic mass is 35.5. The van der Waals surface area contributed by atoms with Crippen LogP contribution in [0.5, 0.6) is 5.75 Å². The third kappa shape index (κ3) is 3.71. The zero-order valence-corrected chi connectivity index (χ0v) is 49.0. The number of ether oxygens (including phenoxy) is 1. The molecule has 0 aliphatic heterocycles. The molecule has 5 atom stereocenters. The number of likely N-dealkylation sites (N-methyl/N-ethyl adjacent to an activating group) is 1. The summed E-state index contributed by atoms with van der Waals surface area (Å²) in [5.41, 5.74) is -1.11. The Morgan fingerprint density at radius 3 is 1.09 bits per heavy atom. The molecule has 6 nitrogen and oxygen atoms in total. The van der Waals surface area contributed by atoms with Crippen molar-refractivity contribution in [3.8, 4) is 5.75 Å². The summed E-state index contributed by atoms with van der Waals surface area (Å²) in [5.74, 6) is -0.821. The highest BCUT2D eigenvalue weighted by molar-refractivity contribution is 6.83. The van der Waals surface area contributed by atoms with Crippen LogP contribution in [0.15, 0.2) is 24.3 Å². The summed E-state index contributed by atoms with van der Waals surface area (Å²) in [6.45, 7) is 3.93. The SMILES string of the molecule is CCOC(=O)CCC(=O)CC1(O)C2(Cl)C3(Cl)C4(Cl)C(Cl)(Cl)C5(Cl)C3(Cl)C1(Cl)C5(Cl)C42Cl.CNC(C)Cc1ccc(O)cc1.ClC1(Cl)C2(Cl)C3(Cl)C4(Cl)C(Cl)(Cl)C5(Cl)C3(Cl)C1(Cl)C5(Cl)C24Cl. The van der Waals surface area contributed by atoms with Gasteiger partial charge in [0.1, 0.15) is 95.1 Å². The molecule has 12 fully saturated rings. The monoisotopic (exact) mass is 1330 g/mol. The maximum atomic E-state index is 12.8. The Bertz CT molecular complexity index is 2200. The van der Waals surface area contributed by atoms with Crippen molar-refractivity contribution in [3.05, 3.63) is 29.8 Å². The largest absolute Gasteiger partial charge is 0.508 e. The summed E-state index contributed by atoms with van der Waals surface area (Å²) in [4.78, 5) is -6.35. The van der Waals surface area contributed by atoms with Crippen LogP contribution in [0.2, 0.25) is 0 Å². The lowest BCUT2D eigenvalue weighted by Gasteiger charge is -2.81. The number of phenols is 1. The van der Waals surface area contributed by atoms with Gasteiger partial charge in [0, 0.05) is 18.9 Å². The topological polar surface area (TPSA) is 95.9 Å². The highest BCUT2D eigenvalue weighted by Crippen LogP contribution is 3.14. The second-order valence-electron chi connectivity index (χ2n) is 18.2. The van der Waals surface area contributed by atoms with Gasteiger partial charge in [0.25, 0.3) is 0 Å². The quantitative estimate of drug-likeness (QED) is 0.168. The minimum atomic E-state index is -2.36. The van der Waals surface area contributed by atoms with Crippen molar-refractivity contribution in [1.29, 1.82) is 0 Å². The Hall–Kier alpha value is 4.46. The molecular weight excluding hydrogens is 1320 g/mol. The molecule has 28 heteroatoms. The number of nitrogens with one attached hydrogen (secondary N) is 1. The molecule has 0 heterocycles. The molecule has 364 valence electrons. The summed E-state index contributed by atoms with van der Waals surface area (Å²) in [5, 5.41) is 24.1. The molecule has 0 spiro atoms. The Morgan fingerprint density at radius 1 is 0.523 bits per heavy atom. The number of alkyl halides is 22. The first-order valence-corrected chi connectivity index (χ1v) is 27.4. The Labute approximate surface area is 482 Å². The number of carbonyl (C=O) groups excluding carboxylic acids is 2. The van der Waals surface area contributed by atoms with E-state index in [4.69, 9.17) is 265 Å². The average Bonchev–Trinajstić information content (AvgIpc) is 3.57. The van der Waals surface area contributed by atoms with E-state index in [9.17, 15) is 14.7 Å². The molecule has 8 bridgehead atoms. The molecule has 0 amide bonds. The van der Waals surface area contributed by atoms with Crippen LogP contribution in [-0.4, -0.2) is 138 Å². The number of phenolic OH excluding ortho intramolecular Hbond substituents is 1. The first-order chi connectivity index (χ1) is 29.1. The van der Waals surface area contributed by atoms with Crippen molar-refractivity contribution in [2.45, 2.75) is 142 Å². The fraction of sp³-hybridized carbons (Fsp3) is 0.784. The normalized spacial score (nSPS) is 59.6. The number of ketones is 1. The van der Waals surface area contributed by atoms with E-state index in [0.717, 1.165) is 6.42 Å². The number of aromatic hydroxyl groups is 1. The Balaban J connectivity index is 0.000000136. The van der Waals surface area contributed by atoms with Crippen LogP contribution < -0.4 is 5.32 Å². The molecule has 12 saturated carbocycles. The van der Waals surface area contributed by atoms with Crippen LogP contribution in [0, 0.1) is 0 Å². The third-order valence-corrected chi connectivity index (χ3v) is 36.7. The van der Waals surface area contributed by atoms with Gasteiger partial charge in [-0.05, 0) is 45.0 Å². The zero-order valence-electron chi connectivity index (χ0n) is 32.4. The molecule has 1 aromatic carbocycles. The number of hydrogen-bond donors (Lipinski definition) is 3. The standard InChI is InChI=1S/C17H12Cl10O4.C10Cl12.C10H15NO/c1-2-31-7(29)4-3-6(28)5-8(30)9(18)11(20)13(22)10(8,19)14(23)12(9,21)15(11,24)17(26,27)16(13,14)25;11-1-2(12)7(17)4(14)3(13,5(1,15)9(7,19)20)6(1,16)10(21,22)8(2,4)18;1-8(11-2)7-9-3-5-10(12)6-4-9/h30H,2-5H2,1H3;;3-6,8,11-12H,7H2,1-2H3. The maximum Gasteiger partial charge on any atom is 0.306 e. The van der Waals surface area contributed by atoms with Crippen molar-refractivity contribution in [3.63, 3.8) is 0 Å². The molecule has 3 N–H and O–H groups in total. The predicted molar refractivity (Wildman–Crippen MR) is 271 cm³/mol. The van der Waals surface area contributed by atoms with Gasteiger partial charge < -0.3 is 20.3 Å². The highest BCUT2D eigenvalue weighted by Gasteiger charge is 3.34. The van der Waals surface area contributed by atoms with Gasteiger partial charge in [-0.1, -0.05) is 81.7 Å². The van der Waals surface area contributed by atoms with Crippen molar-refractivity contribution in [2.24, 2.45) is 0 Å². The van der Waals surface area contributed by atoms with Gasteiger partial charge >= 0.3 is 5.97 Å². The molecule has 1 aromatic rings. The number of hydrogen-bond acceptors (Lipinski definition) is 6. The van der Waals surface area contributed by atoms with Gasteiger partial charge in [0.05, 0.1) is 13.0 Å². The molecule has 12 aliphatic carbocycles. The van der Waals surface area contributed by atoms with Crippen LogP contribution in [0.3, 0.4) is 0 Å². The summed E-state index contributed by atoms with van der Waals surface area (Å²) in [7, 11) is 1.95. The molecule has 13 rings (SSSR count). The van der Waals surface area contributed by atoms with Crippen LogP contribution in [-0.2, 0) is 20.7 Å². The third-order valence-electron chi connectivity index (χ3n) is 16.6. The van der Waals surface area contributed by atoms with Gasteiger partial charge in [-0.15, -0.1) is 186 Å². The minimum Gasteiger partial charge on any atom is -0.508 e. The van der Waals surface area contributed by atoms with Crippen LogP contribution in [0.25, 0.3) is 0 Å². The fourth-order valence-electron chi connectivity index (χ4n) is 14.2. The van der Waals surface area contributed by atoms with Crippen LogP contribution in [0.4, 0.5) is 0 Å². The molecule has 0 saturated heterocycles. The van der Waals surface area contributed by atoms with Crippen molar-refractivity contribution >= 4 is 267 Å². The zero-order chi connectivity index (χ0) is 49.7. The number of aliphatic hydroxyl groups is 1. The second kappa shape index (κ2) is 13.8. The maximum absolute atomic E-state index is 12.8. The summed E-state index contributed by atoms with van der Waals surface area (Å²) < 4.78 is -1.11. The lowest BCUT2D eigenvalue weighted by Crippen LogP contribution is -3.03. The second-order valence-corrected chi connectivity index (χ2v) is 31.3. The van der Waals surface area contributed by atoms with E-state index < -0.39 is 115 Å². The number of Topliss-reactive ketones (excluding diaryl/α,β-unsaturated/α-hetero) is 1. The fourth-order valence-corrected chi connectivity index (χ4v) is 33.2. The Morgan fingerprint density at radius 2 is 0.815 bits per heavy atom. The number of benzene rings is 1. The van der Waals surface area contributed by atoms with Crippen LogP contribution in [0.1, 0.15) is 38.7 Å². The van der Waals surface area contributed by atoms with Gasteiger partial charge in [-0.2, -0.15) is 0 Å². The van der Waals surface area contributed by atoms with E-state index in [0.29, 0.717) is 11.8 Å². The number of halogens is 22. The van der Waals surface area contributed by atoms with Crippen LogP contribution >= 0.6 is 255 Å². The van der Waals surface area contributed by atoms with Gasteiger partial charge in [-0.3, -0.25) is 9.59 Å². The summed E-state index contributed by atoms with van der Waals surface area (Å²) in [6.07, 6.45) is -0.141. The molecule has 0 aromatic heterocycles. The van der Waals surface area contributed by atoms with E-state index in [-0.39, 0.29) is 19.4 Å². The average molecular weight is 1350 g/mol. The predicted octanol–water partition coefficient (Wildman–Crippen LogP) is 12.8. The minimum absolute atomic E-state index is 0.161.